The molecular formula is C11H13N3O2. The van der Waals surface area contributed by atoms with E-state index in [1.807, 2.05) is 12.1 Å². The number of nitrogens with one attached hydrogen (secondary N) is 2. The summed E-state index contributed by atoms with van der Waals surface area (Å²) in [6.45, 7) is 1.60. The molecule has 1 heterocycles. The average molecular weight is 219 g/mol. The SMILES string of the molecule is NC(=O)NC(=O)c1cccc2c1CCNC2. The Labute approximate surface area is 93.0 Å². The monoisotopic (exact) mass is 219 g/mol. The lowest BCUT2D eigenvalue weighted by Gasteiger charge is -2.19. The quantitative estimate of drug-likeness (QED) is 0.628. The van der Waals surface area contributed by atoms with Crippen molar-refractivity contribution < 1.29 is 9.59 Å². The molecule has 1 aliphatic heterocycles. The molecule has 0 spiro atoms. The summed E-state index contributed by atoms with van der Waals surface area (Å²) in [5.41, 5.74) is 7.56. The summed E-state index contributed by atoms with van der Waals surface area (Å²) >= 11 is 0. The lowest BCUT2D eigenvalue weighted by atomic mass is 9.95. The predicted octanol–water partition coefficient (Wildman–Crippen LogP) is 0.141. The van der Waals surface area contributed by atoms with Crippen LogP contribution in [0, 0.1) is 0 Å². The van der Waals surface area contributed by atoms with Gasteiger partial charge >= 0.3 is 6.03 Å². The third kappa shape index (κ3) is 2.04. The Kier molecular flexibility index (Phi) is 2.87. The van der Waals surface area contributed by atoms with Crippen molar-refractivity contribution in [1.82, 2.24) is 10.6 Å². The Bertz CT molecular complexity index is 443. The molecule has 1 aromatic rings. The third-order valence-corrected chi connectivity index (χ3v) is 2.62. The van der Waals surface area contributed by atoms with Crippen molar-refractivity contribution in [1.29, 1.82) is 0 Å². The Balaban J connectivity index is 2.33. The van der Waals surface area contributed by atoms with Gasteiger partial charge in [-0.1, -0.05) is 12.1 Å². The van der Waals surface area contributed by atoms with E-state index in [9.17, 15) is 9.59 Å². The minimum atomic E-state index is -0.823. The van der Waals surface area contributed by atoms with E-state index in [0.29, 0.717) is 5.56 Å². The lowest BCUT2D eigenvalue weighted by molar-refractivity contribution is 0.0965. The zero-order valence-electron chi connectivity index (χ0n) is 8.75. The highest BCUT2D eigenvalue weighted by molar-refractivity contribution is 6.04. The van der Waals surface area contributed by atoms with E-state index < -0.39 is 11.9 Å². The number of imide groups is 1. The smallest absolute Gasteiger partial charge is 0.319 e. The summed E-state index contributed by atoms with van der Waals surface area (Å²) < 4.78 is 0. The van der Waals surface area contributed by atoms with Crippen molar-refractivity contribution in [2.24, 2.45) is 5.73 Å². The maximum Gasteiger partial charge on any atom is 0.319 e. The van der Waals surface area contributed by atoms with Gasteiger partial charge in [-0.2, -0.15) is 0 Å². The number of rotatable bonds is 1. The number of benzene rings is 1. The Hall–Kier alpha value is -1.88. The molecule has 5 heteroatoms. The number of primary amides is 1. The van der Waals surface area contributed by atoms with Crippen LogP contribution < -0.4 is 16.4 Å². The van der Waals surface area contributed by atoms with Crippen LogP contribution in [0.25, 0.3) is 0 Å². The van der Waals surface area contributed by atoms with Crippen molar-refractivity contribution in [2.45, 2.75) is 13.0 Å². The molecule has 0 fully saturated rings. The van der Waals surface area contributed by atoms with Crippen LogP contribution in [0.1, 0.15) is 21.5 Å². The molecule has 16 heavy (non-hydrogen) atoms. The molecule has 0 atom stereocenters. The fourth-order valence-corrected chi connectivity index (χ4v) is 1.92. The average Bonchev–Trinajstić information content (AvgIpc) is 2.27. The van der Waals surface area contributed by atoms with Crippen LogP contribution in [0.15, 0.2) is 18.2 Å². The number of carbonyl (C=O) groups excluding carboxylic acids is 2. The molecule has 0 saturated heterocycles. The predicted molar refractivity (Wildman–Crippen MR) is 58.9 cm³/mol. The summed E-state index contributed by atoms with van der Waals surface area (Å²) in [6.07, 6.45) is 0.789. The molecule has 0 saturated carbocycles. The van der Waals surface area contributed by atoms with Crippen molar-refractivity contribution in [3.05, 3.63) is 34.9 Å². The number of hydrogen-bond acceptors (Lipinski definition) is 3. The number of nitrogens with two attached hydrogens (primary N) is 1. The summed E-state index contributed by atoms with van der Waals surface area (Å²) in [4.78, 5) is 22.3. The molecule has 0 bridgehead atoms. The summed E-state index contributed by atoms with van der Waals surface area (Å²) in [6, 6.07) is 4.67. The molecule has 0 aromatic heterocycles. The molecule has 3 amide bonds. The van der Waals surface area contributed by atoms with E-state index in [1.165, 1.54) is 0 Å². The minimum Gasteiger partial charge on any atom is -0.351 e. The summed E-state index contributed by atoms with van der Waals surface area (Å²) in [5.74, 6) is -0.425. The van der Waals surface area contributed by atoms with Crippen LogP contribution >= 0.6 is 0 Å². The number of carbonyl (C=O) groups is 2. The first-order valence-electron chi connectivity index (χ1n) is 5.11. The Morgan fingerprint density at radius 2 is 2.19 bits per heavy atom. The van der Waals surface area contributed by atoms with Crippen LogP contribution in [0.3, 0.4) is 0 Å². The topological polar surface area (TPSA) is 84.2 Å². The minimum absolute atomic E-state index is 0.425. The third-order valence-electron chi connectivity index (χ3n) is 2.62. The summed E-state index contributed by atoms with van der Waals surface area (Å²) in [7, 11) is 0. The van der Waals surface area contributed by atoms with Gasteiger partial charge in [0, 0.05) is 12.1 Å². The molecule has 4 N–H and O–H groups in total. The van der Waals surface area contributed by atoms with E-state index in [1.54, 1.807) is 6.07 Å². The maximum absolute atomic E-state index is 11.7. The molecule has 84 valence electrons. The van der Waals surface area contributed by atoms with Gasteiger partial charge in [0.1, 0.15) is 0 Å². The van der Waals surface area contributed by atoms with Gasteiger partial charge in [0.15, 0.2) is 0 Å². The molecular weight excluding hydrogens is 206 g/mol. The molecule has 5 nitrogen and oxygen atoms in total. The molecule has 1 aromatic carbocycles. The normalized spacial score (nSPS) is 14.0. The molecule has 0 unspecified atom stereocenters. The lowest BCUT2D eigenvalue weighted by Crippen LogP contribution is -2.36. The Morgan fingerprint density at radius 1 is 1.38 bits per heavy atom. The molecule has 0 radical (unpaired) electrons. The van der Waals surface area contributed by atoms with Crippen molar-refractivity contribution in [3.8, 4) is 0 Å². The first-order valence-corrected chi connectivity index (χ1v) is 5.11. The number of hydrogen-bond donors (Lipinski definition) is 3. The highest BCUT2D eigenvalue weighted by Crippen LogP contribution is 2.18. The van der Waals surface area contributed by atoms with Gasteiger partial charge in [0.2, 0.25) is 0 Å². The number of urea groups is 1. The number of fused-ring (bicyclic) bond motifs is 1. The highest BCUT2D eigenvalue weighted by atomic mass is 16.2. The van der Waals surface area contributed by atoms with Crippen LogP contribution in [-0.4, -0.2) is 18.5 Å². The standard InChI is InChI=1S/C11H13N3O2/c12-11(16)14-10(15)9-3-1-2-7-6-13-5-4-8(7)9/h1-3,13H,4-6H2,(H3,12,14,15,16). The van der Waals surface area contributed by atoms with Crippen LogP contribution in [0.5, 0.6) is 0 Å². The zero-order valence-corrected chi connectivity index (χ0v) is 8.75. The molecule has 1 aliphatic rings. The first-order chi connectivity index (χ1) is 7.68. The van der Waals surface area contributed by atoms with Gasteiger partial charge < -0.3 is 11.1 Å². The van der Waals surface area contributed by atoms with Crippen LogP contribution in [0.2, 0.25) is 0 Å². The van der Waals surface area contributed by atoms with Crippen LogP contribution in [-0.2, 0) is 13.0 Å². The fraction of sp³-hybridized carbons (Fsp3) is 0.273. The highest BCUT2D eigenvalue weighted by Gasteiger charge is 2.17. The van der Waals surface area contributed by atoms with E-state index in [-0.39, 0.29) is 0 Å². The molecule has 0 aliphatic carbocycles. The van der Waals surface area contributed by atoms with Gasteiger partial charge in [-0.25, -0.2) is 4.79 Å². The Morgan fingerprint density at radius 3 is 2.94 bits per heavy atom. The largest absolute Gasteiger partial charge is 0.351 e. The van der Waals surface area contributed by atoms with Crippen molar-refractivity contribution in [2.75, 3.05) is 6.54 Å². The first kappa shape index (κ1) is 10.6. The summed E-state index contributed by atoms with van der Waals surface area (Å²) in [5, 5.41) is 5.31. The second kappa shape index (κ2) is 4.32. The van der Waals surface area contributed by atoms with E-state index in [0.717, 1.165) is 30.6 Å². The van der Waals surface area contributed by atoms with Crippen LogP contribution in [0.4, 0.5) is 4.79 Å². The fourth-order valence-electron chi connectivity index (χ4n) is 1.92. The van der Waals surface area contributed by atoms with Gasteiger partial charge in [0.25, 0.3) is 5.91 Å². The van der Waals surface area contributed by atoms with Gasteiger partial charge in [-0.3, -0.25) is 10.1 Å². The molecule has 2 rings (SSSR count). The van der Waals surface area contributed by atoms with E-state index >= 15 is 0 Å². The zero-order chi connectivity index (χ0) is 11.5. The maximum atomic E-state index is 11.7. The van der Waals surface area contributed by atoms with E-state index in [4.69, 9.17) is 5.73 Å². The van der Waals surface area contributed by atoms with Crippen molar-refractivity contribution >= 4 is 11.9 Å². The van der Waals surface area contributed by atoms with E-state index in [2.05, 4.69) is 10.6 Å². The number of amides is 3. The van der Waals surface area contributed by atoms with Gasteiger partial charge in [-0.05, 0) is 30.2 Å². The van der Waals surface area contributed by atoms with Gasteiger partial charge in [-0.15, -0.1) is 0 Å². The van der Waals surface area contributed by atoms with Crippen molar-refractivity contribution in [3.63, 3.8) is 0 Å². The second-order valence-electron chi connectivity index (χ2n) is 3.69. The van der Waals surface area contributed by atoms with Gasteiger partial charge in [0.05, 0.1) is 0 Å². The second-order valence-corrected chi connectivity index (χ2v) is 3.69.